The van der Waals surface area contributed by atoms with Crippen LogP contribution >= 0.6 is 0 Å². The number of ether oxygens (including phenoxy) is 1. The Morgan fingerprint density at radius 3 is 2.38 bits per heavy atom. The molecule has 26 heavy (non-hydrogen) atoms. The molecular weight excluding hydrogens is 330 g/mol. The number of aromatic nitrogens is 3. The molecule has 134 valence electrons. The van der Waals surface area contributed by atoms with Crippen molar-refractivity contribution in [2.75, 3.05) is 43.1 Å². The van der Waals surface area contributed by atoms with Gasteiger partial charge in [-0.1, -0.05) is 5.16 Å². The van der Waals surface area contributed by atoms with Crippen LogP contribution in [0.1, 0.15) is 5.82 Å². The van der Waals surface area contributed by atoms with Crippen LogP contribution < -0.4 is 14.5 Å². The predicted octanol–water partition coefficient (Wildman–Crippen LogP) is 2.78. The second-order valence-corrected chi connectivity index (χ2v) is 6.19. The number of benzene rings is 1. The van der Waals surface area contributed by atoms with Gasteiger partial charge in [-0.25, -0.2) is 4.98 Å². The minimum atomic E-state index is 0.517. The van der Waals surface area contributed by atoms with Gasteiger partial charge in [0.15, 0.2) is 5.82 Å². The quantitative estimate of drug-likeness (QED) is 0.716. The molecule has 3 heterocycles. The molecule has 0 unspecified atom stereocenters. The van der Waals surface area contributed by atoms with Gasteiger partial charge >= 0.3 is 0 Å². The molecule has 1 aliphatic heterocycles. The Balaban J connectivity index is 1.50. The fraction of sp³-hybridized carbons (Fsp3) is 0.316. The molecule has 7 nitrogen and oxygen atoms in total. The summed E-state index contributed by atoms with van der Waals surface area (Å²) in [5.74, 6) is 2.91. The van der Waals surface area contributed by atoms with E-state index >= 15 is 0 Å². The van der Waals surface area contributed by atoms with Crippen LogP contribution in [0.25, 0.3) is 11.5 Å². The fourth-order valence-corrected chi connectivity index (χ4v) is 3.19. The highest BCUT2D eigenvalue weighted by Gasteiger charge is 2.22. The third-order valence-electron chi connectivity index (χ3n) is 4.56. The largest absolute Gasteiger partial charge is 0.497 e. The minimum Gasteiger partial charge on any atom is -0.497 e. The van der Waals surface area contributed by atoms with Crippen LogP contribution in [-0.2, 0) is 0 Å². The highest BCUT2D eigenvalue weighted by atomic mass is 16.5. The summed E-state index contributed by atoms with van der Waals surface area (Å²) in [4.78, 5) is 13.6. The molecule has 4 rings (SSSR count). The number of hydrogen-bond acceptors (Lipinski definition) is 7. The maximum atomic E-state index is 5.34. The van der Waals surface area contributed by atoms with E-state index in [1.54, 1.807) is 13.3 Å². The molecule has 7 heteroatoms. The van der Waals surface area contributed by atoms with Gasteiger partial charge in [0.1, 0.15) is 11.6 Å². The van der Waals surface area contributed by atoms with Crippen molar-refractivity contribution in [3.63, 3.8) is 0 Å². The van der Waals surface area contributed by atoms with Crippen molar-refractivity contribution >= 4 is 11.5 Å². The molecule has 0 atom stereocenters. The third kappa shape index (κ3) is 3.20. The maximum Gasteiger partial charge on any atom is 0.261 e. The van der Waals surface area contributed by atoms with Crippen LogP contribution in [0.2, 0.25) is 0 Å². The summed E-state index contributed by atoms with van der Waals surface area (Å²) in [7, 11) is 1.68. The Hall–Kier alpha value is -3.09. The van der Waals surface area contributed by atoms with Crippen LogP contribution in [-0.4, -0.2) is 48.4 Å². The average Bonchev–Trinajstić information content (AvgIpc) is 3.14. The normalized spacial score (nSPS) is 14.5. The molecule has 0 bridgehead atoms. The van der Waals surface area contributed by atoms with Gasteiger partial charge < -0.3 is 19.1 Å². The molecule has 3 aromatic rings. The van der Waals surface area contributed by atoms with Gasteiger partial charge in [0, 0.05) is 38.1 Å². The number of anilines is 2. The van der Waals surface area contributed by atoms with Gasteiger partial charge in [0.25, 0.3) is 5.89 Å². The van der Waals surface area contributed by atoms with Crippen molar-refractivity contribution in [2.45, 2.75) is 6.92 Å². The molecule has 0 radical (unpaired) electrons. The highest BCUT2D eigenvalue weighted by molar-refractivity contribution is 5.70. The lowest BCUT2D eigenvalue weighted by molar-refractivity contribution is 0.415. The number of methoxy groups -OCH3 is 1. The van der Waals surface area contributed by atoms with Crippen LogP contribution in [0.5, 0.6) is 5.75 Å². The molecule has 2 aromatic heterocycles. The summed E-state index contributed by atoms with van der Waals surface area (Å²) in [6.45, 7) is 5.42. The van der Waals surface area contributed by atoms with Gasteiger partial charge in [-0.2, -0.15) is 4.98 Å². The first kappa shape index (κ1) is 16.4. The average molecular weight is 351 g/mol. The van der Waals surface area contributed by atoms with Crippen molar-refractivity contribution in [1.29, 1.82) is 0 Å². The Morgan fingerprint density at radius 1 is 1.00 bits per heavy atom. The number of nitrogens with zero attached hydrogens (tertiary/aromatic N) is 5. The van der Waals surface area contributed by atoms with E-state index in [0.29, 0.717) is 11.7 Å². The Kier molecular flexibility index (Phi) is 4.43. The van der Waals surface area contributed by atoms with Gasteiger partial charge in [0.2, 0.25) is 0 Å². The smallest absolute Gasteiger partial charge is 0.261 e. The Morgan fingerprint density at radius 2 is 1.73 bits per heavy atom. The van der Waals surface area contributed by atoms with E-state index < -0.39 is 0 Å². The first-order valence-electron chi connectivity index (χ1n) is 8.64. The van der Waals surface area contributed by atoms with Crippen molar-refractivity contribution in [1.82, 2.24) is 15.1 Å². The van der Waals surface area contributed by atoms with Crippen LogP contribution in [0.4, 0.5) is 11.5 Å². The van der Waals surface area contributed by atoms with Crippen molar-refractivity contribution in [2.24, 2.45) is 0 Å². The van der Waals surface area contributed by atoms with E-state index in [2.05, 4.69) is 37.1 Å². The topological polar surface area (TPSA) is 67.5 Å². The zero-order valence-corrected chi connectivity index (χ0v) is 14.9. The van der Waals surface area contributed by atoms with Crippen molar-refractivity contribution in [3.8, 4) is 17.2 Å². The Bertz CT molecular complexity index is 870. The number of aryl methyl sites for hydroxylation is 1. The van der Waals surface area contributed by atoms with E-state index in [-0.39, 0.29) is 0 Å². The number of pyridine rings is 1. The van der Waals surface area contributed by atoms with E-state index in [1.807, 2.05) is 31.2 Å². The van der Waals surface area contributed by atoms with E-state index in [1.165, 1.54) is 5.69 Å². The first-order chi connectivity index (χ1) is 12.7. The molecule has 0 saturated carbocycles. The molecule has 0 spiro atoms. The maximum absolute atomic E-state index is 5.34. The van der Waals surface area contributed by atoms with Crippen molar-refractivity contribution in [3.05, 3.63) is 48.4 Å². The minimum absolute atomic E-state index is 0.517. The lowest BCUT2D eigenvalue weighted by atomic mass is 10.2. The lowest BCUT2D eigenvalue weighted by Crippen LogP contribution is -2.47. The van der Waals surface area contributed by atoms with Crippen LogP contribution in [0, 0.1) is 6.92 Å². The van der Waals surface area contributed by atoms with Gasteiger partial charge in [-0.3, -0.25) is 0 Å². The van der Waals surface area contributed by atoms with E-state index in [4.69, 9.17) is 9.26 Å². The van der Waals surface area contributed by atoms with Gasteiger partial charge in [-0.05, 0) is 43.3 Å². The van der Waals surface area contributed by atoms with E-state index in [9.17, 15) is 0 Å². The van der Waals surface area contributed by atoms with Crippen LogP contribution in [0.3, 0.4) is 0 Å². The molecule has 1 aromatic carbocycles. The summed E-state index contributed by atoms with van der Waals surface area (Å²) in [5, 5.41) is 3.89. The SMILES string of the molecule is COc1ccc(N2CCN(c3ncccc3-c3nc(C)no3)CC2)cc1. The Labute approximate surface area is 152 Å². The molecule has 1 aliphatic rings. The zero-order valence-electron chi connectivity index (χ0n) is 14.9. The summed E-state index contributed by atoms with van der Waals surface area (Å²) in [6, 6.07) is 12.1. The standard InChI is InChI=1S/C19H21N5O2/c1-14-21-19(26-22-14)17-4-3-9-20-18(17)24-12-10-23(11-13-24)15-5-7-16(25-2)8-6-15/h3-9H,10-13H2,1-2H3. The first-order valence-corrected chi connectivity index (χ1v) is 8.64. The van der Waals surface area contributed by atoms with Gasteiger partial charge in [0.05, 0.1) is 12.7 Å². The number of rotatable bonds is 4. The van der Waals surface area contributed by atoms with Gasteiger partial charge in [-0.15, -0.1) is 0 Å². The third-order valence-corrected chi connectivity index (χ3v) is 4.56. The second-order valence-electron chi connectivity index (χ2n) is 6.19. The summed E-state index contributed by atoms with van der Waals surface area (Å²) in [6.07, 6.45) is 1.80. The molecule has 1 saturated heterocycles. The number of hydrogen-bond donors (Lipinski definition) is 0. The fourth-order valence-electron chi connectivity index (χ4n) is 3.19. The number of piperazine rings is 1. The van der Waals surface area contributed by atoms with Crippen LogP contribution in [0.15, 0.2) is 47.1 Å². The highest BCUT2D eigenvalue weighted by Crippen LogP contribution is 2.29. The molecular formula is C19H21N5O2. The molecule has 0 aliphatic carbocycles. The summed E-state index contributed by atoms with van der Waals surface area (Å²) >= 11 is 0. The zero-order chi connectivity index (χ0) is 17.9. The monoisotopic (exact) mass is 351 g/mol. The predicted molar refractivity (Wildman–Crippen MR) is 99.7 cm³/mol. The van der Waals surface area contributed by atoms with E-state index in [0.717, 1.165) is 43.3 Å². The molecule has 1 fully saturated rings. The molecule has 0 N–H and O–H groups in total. The summed E-state index contributed by atoms with van der Waals surface area (Å²) in [5.41, 5.74) is 2.09. The lowest BCUT2D eigenvalue weighted by Gasteiger charge is -2.37. The molecule has 0 amide bonds. The van der Waals surface area contributed by atoms with Crippen molar-refractivity contribution < 1.29 is 9.26 Å². The summed E-state index contributed by atoms with van der Waals surface area (Å²) < 4.78 is 10.6. The second kappa shape index (κ2) is 7.03.